The lowest BCUT2D eigenvalue weighted by Crippen LogP contribution is -2.38. The van der Waals surface area contributed by atoms with Crippen molar-refractivity contribution in [2.75, 3.05) is 0 Å². The predicted octanol–water partition coefficient (Wildman–Crippen LogP) is 2.84. The predicted molar refractivity (Wildman–Crippen MR) is 129 cm³/mol. The molecule has 3 heterocycles. The number of Topliss-reactive ketones (excluding diaryl/α,β-unsaturated/α-hetero) is 2. The summed E-state index contributed by atoms with van der Waals surface area (Å²) in [4.78, 5) is 63.0. The SMILES string of the molecule is CC(=O)c1c(C)[nH]c(C(=O)[C@@H](C)Sc2nc(C(C)(C)C)nc3c2c(=O)n(C)c(=O)n3C)c1C. The molecule has 9 nitrogen and oxygen atoms in total. The van der Waals surface area contributed by atoms with Gasteiger partial charge in [-0.15, -0.1) is 0 Å². The Kier molecular flexibility index (Phi) is 6.27. The van der Waals surface area contributed by atoms with Gasteiger partial charge in [0.25, 0.3) is 5.56 Å². The number of aryl methyl sites for hydroxylation is 2. The number of nitrogens with one attached hydrogen (secondary N) is 1. The largest absolute Gasteiger partial charge is 0.355 e. The number of rotatable bonds is 5. The van der Waals surface area contributed by atoms with Crippen molar-refractivity contribution in [2.45, 2.75) is 64.2 Å². The van der Waals surface area contributed by atoms with Gasteiger partial charge in [-0.2, -0.15) is 0 Å². The normalized spacial score (nSPS) is 12.9. The molecule has 10 heteroatoms. The van der Waals surface area contributed by atoms with Gasteiger partial charge in [0.1, 0.15) is 16.2 Å². The van der Waals surface area contributed by atoms with Crippen LogP contribution in [0.4, 0.5) is 0 Å². The van der Waals surface area contributed by atoms with Crippen LogP contribution in [0.25, 0.3) is 11.0 Å². The molecule has 0 radical (unpaired) electrons. The highest BCUT2D eigenvalue weighted by Crippen LogP contribution is 2.31. The van der Waals surface area contributed by atoms with E-state index < -0.39 is 21.9 Å². The summed E-state index contributed by atoms with van der Waals surface area (Å²) in [7, 11) is 2.96. The third-order valence-electron chi connectivity index (χ3n) is 5.63. The van der Waals surface area contributed by atoms with E-state index >= 15 is 0 Å². The van der Waals surface area contributed by atoms with Crippen LogP contribution in [0, 0.1) is 13.8 Å². The van der Waals surface area contributed by atoms with Gasteiger partial charge in [-0.1, -0.05) is 32.5 Å². The summed E-state index contributed by atoms with van der Waals surface area (Å²) in [5, 5.41) is -0.0785. The molecule has 33 heavy (non-hydrogen) atoms. The number of nitrogens with zero attached hydrogens (tertiary/aromatic N) is 4. The molecule has 0 aliphatic carbocycles. The van der Waals surface area contributed by atoms with E-state index in [4.69, 9.17) is 0 Å². The standard InChI is InChI=1S/C23H29N5O4S/c1-10-14(12(3)29)11(2)24-16(10)17(30)13(4)33-19-15-18(25-21(26-19)23(5,6)7)27(8)22(32)28(9)20(15)31/h13,24H,1-9H3/t13-/m1/s1. The third kappa shape index (κ3) is 4.19. The molecule has 1 atom stereocenters. The van der Waals surface area contributed by atoms with Gasteiger partial charge >= 0.3 is 5.69 Å². The first-order valence-corrected chi connectivity index (χ1v) is 11.4. The second kappa shape index (κ2) is 8.40. The molecule has 0 bridgehead atoms. The molecule has 0 unspecified atom stereocenters. The Labute approximate surface area is 195 Å². The maximum absolute atomic E-state index is 13.3. The van der Waals surface area contributed by atoms with Crippen LogP contribution in [0.3, 0.4) is 0 Å². The number of carbonyl (C=O) groups excluding carboxylic acids is 2. The van der Waals surface area contributed by atoms with Crippen LogP contribution in [0.1, 0.15) is 72.5 Å². The van der Waals surface area contributed by atoms with E-state index in [1.54, 1.807) is 27.8 Å². The lowest BCUT2D eigenvalue weighted by molar-refractivity contribution is 0.0988. The Morgan fingerprint density at radius 2 is 1.67 bits per heavy atom. The van der Waals surface area contributed by atoms with E-state index in [0.29, 0.717) is 33.4 Å². The van der Waals surface area contributed by atoms with Gasteiger partial charge in [0, 0.05) is 30.8 Å². The number of ketones is 2. The molecule has 0 saturated carbocycles. The molecule has 3 aromatic heterocycles. The monoisotopic (exact) mass is 471 g/mol. The Hall–Kier alpha value is -3.01. The zero-order chi connectivity index (χ0) is 25.0. The first-order valence-electron chi connectivity index (χ1n) is 10.6. The van der Waals surface area contributed by atoms with E-state index in [9.17, 15) is 19.2 Å². The van der Waals surface area contributed by atoms with Gasteiger partial charge in [0.15, 0.2) is 17.2 Å². The van der Waals surface area contributed by atoms with Crippen molar-refractivity contribution in [3.05, 3.63) is 49.2 Å². The first kappa shape index (κ1) is 24.6. The Morgan fingerprint density at radius 3 is 2.18 bits per heavy atom. The van der Waals surface area contributed by atoms with Crippen LogP contribution >= 0.6 is 11.8 Å². The van der Waals surface area contributed by atoms with Crippen molar-refractivity contribution in [3.63, 3.8) is 0 Å². The Bertz CT molecular complexity index is 1420. The summed E-state index contributed by atoms with van der Waals surface area (Å²) in [5.74, 6) is 0.145. The molecule has 0 spiro atoms. The van der Waals surface area contributed by atoms with Crippen LogP contribution in [0.15, 0.2) is 14.6 Å². The average Bonchev–Trinajstić information content (AvgIpc) is 3.02. The minimum absolute atomic E-state index is 0.110. The lowest BCUT2D eigenvalue weighted by atomic mass is 9.96. The Morgan fingerprint density at radius 1 is 1.06 bits per heavy atom. The van der Waals surface area contributed by atoms with Gasteiger partial charge in [0.2, 0.25) is 0 Å². The number of carbonyl (C=O) groups is 2. The second-order valence-corrected chi connectivity index (χ2v) is 10.6. The average molecular weight is 472 g/mol. The fourth-order valence-corrected chi connectivity index (χ4v) is 4.79. The van der Waals surface area contributed by atoms with E-state index in [2.05, 4.69) is 15.0 Å². The maximum Gasteiger partial charge on any atom is 0.332 e. The quantitative estimate of drug-likeness (QED) is 0.345. The van der Waals surface area contributed by atoms with Crippen LogP contribution < -0.4 is 11.2 Å². The maximum atomic E-state index is 13.3. The molecule has 0 amide bonds. The van der Waals surface area contributed by atoms with Gasteiger partial charge in [0.05, 0.1) is 10.9 Å². The summed E-state index contributed by atoms with van der Waals surface area (Å²) in [6, 6.07) is 0. The number of aromatic nitrogens is 5. The van der Waals surface area contributed by atoms with E-state index in [-0.39, 0.29) is 22.6 Å². The number of hydrogen-bond acceptors (Lipinski definition) is 7. The fourth-order valence-electron chi connectivity index (χ4n) is 3.80. The molecule has 3 rings (SSSR count). The number of aromatic amines is 1. The number of H-pyrrole nitrogens is 1. The van der Waals surface area contributed by atoms with Crippen molar-refractivity contribution in [1.29, 1.82) is 0 Å². The zero-order valence-electron chi connectivity index (χ0n) is 20.4. The molecular formula is C23H29N5O4S. The Balaban J connectivity index is 2.19. The van der Waals surface area contributed by atoms with Gasteiger partial charge in [-0.05, 0) is 33.3 Å². The molecule has 3 aromatic rings. The molecule has 0 aromatic carbocycles. The summed E-state index contributed by atoms with van der Waals surface area (Å²) < 4.78 is 2.33. The van der Waals surface area contributed by atoms with Crippen molar-refractivity contribution in [1.82, 2.24) is 24.1 Å². The number of fused-ring (bicyclic) bond motifs is 1. The summed E-state index contributed by atoms with van der Waals surface area (Å²) in [5.41, 5.74) is 0.926. The second-order valence-electron chi connectivity index (χ2n) is 9.31. The van der Waals surface area contributed by atoms with Crippen LogP contribution in [-0.2, 0) is 19.5 Å². The molecule has 0 fully saturated rings. The summed E-state index contributed by atoms with van der Waals surface area (Å²) in [6.45, 7) is 12.5. The number of hydrogen-bond donors (Lipinski definition) is 1. The molecular weight excluding hydrogens is 442 g/mol. The van der Waals surface area contributed by atoms with Gasteiger partial charge in [-0.3, -0.25) is 23.5 Å². The summed E-state index contributed by atoms with van der Waals surface area (Å²) >= 11 is 1.14. The van der Waals surface area contributed by atoms with Crippen molar-refractivity contribution < 1.29 is 9.59 Å². The topological polar surface area (TPSA) is 120 Å². The molecule has 1 N–H and O–H groups in total. The van der Waals surface area contributed by atoms with Crippen LogP contribution in [-0.4, -0.2) is 40.9 Å². The third-order valence-corrected chi connectivity index (χ3v) is 6.72. The smallest absolute Gasteiger partial charge is 0.332 e. The lowest BCUT2D eigenvalue weighted by Gasteiger charge is -2.20. The van der Waals surface area contributed by atoms with Gasteiger partial charge in [-0.25, -0.2) is 14.8 Å². The van der Waals surface area contributed by atoms with Crippen LogP contribution in [0.5, 0.6) is 0 Å². The molecule has 0 saturated heterocycles. The molecule has 176 valence electrons. The van der Waals surface area contributed by atoms with E-state index in [0.717, 1.165) is 16.3 Å². The molecule has 0 aliphatic heterocycles. The minimum Gasteiger partial charge on any atom is -0.355 e. The van der Waals surface area contributed by atoms with E-state index in [1.807, 2.05) is 20.8 Å². The van der Waals surface area contributed by atoms with Gasteiger partial charge < -0.3 is 4.98 Å². The molecule has 0 aliphatic rings. The minimum atomic E-state index is -0.616. The highest BCUT2D eigenvalue weighted by molar-refractivity contribution is 8.00. The fraction of sp³-hybridized carbons (Fsp3) is 0.478. The highest BCUT2D eigenvalue weighted by Gasteiger charge is 2.28. The number of thioether (sulfide) groups is 1. The van der Waals surface area contributed by atoms with E-state index in [1.165, 1.54) is 18.5 Å². The van der Waals surface area contributed by atoms with Crippen molar-refractivity contribution >= 4 is 34.4 Å². The first-order chi connectivity index (χ1) is 15.2. The van der Waals surface area contributed by atoms with Crippen LogP contribution in [0.2, 0.25) is 0 Å². The summed E-state index contributed by atoms with van der Waals surface area (Å²) in [6.07, 6.45) is 0. The zero-order valence-corrected chi connectivity index (χ0v) is 21.2. The van der Waals surface area contributed by atoms with Crippen molar-refractivity contribution in [3.8, 4) is 0 Å². The highest BCUT2D eigenvalue weighted by atomic mass is 32.2. The van der Waals surface area contributed by atoms with Crippen molar-refractivity contribution in [2.24, 2.45) is 14.1 Å².